The van der Waals surface area contributed by atoms with Crippen molar-refractivity contribution < 1.29 is 9.90 Å². The van der Waals surface area contributed by atoms with Crippen molar-refractivity contribution in [2.75, 3.05) is 13.1 Å². The molecule has 0 aliphatic heterocycles. The van der Waals surface area contributed by atoms with Crippen molar-refractivity contribution in [2.45, 2.75) is 13.8 Å². The van der Waals surface area contributed by atoms with Gasteiger partial charge in [0, 0.05) is 13.1 Å². The number of hydrogen-bond acceptors (Lipinski definition) is 2. The van der Waals surface area contributed by atoms with Crippen LogP contribution in [0.25, 0.3) is 0 Å². The molecule has 0 aromatic carbocycles. The van der Waals surface area contributed by atoms with Gasteiger partial charge in [-0.1, -0.05) is 6.58 Å². The Bertz CT molecular complexity index is 139. The highest BCUT2D eigenvalue weighted by Crippen LogP contribution is 1.94. The van der Waals surface area contributed by atoms with E-state index < -0.39 is 0 Å². The molecular weight excluding hydrogens is 130 g/mol. The molecule has 0 saturated heterocycles. The maximum absolute atomic E-state index is 10.9. The number of rotatable bonds is 3. The van der Waals surface area contributed by atoms with Crippen LogP contribution in [0.5, 0.6) is 0 Å². The van der Waals surface area contributed by atoms with Gasteiger partial charge in [-0.2, -0.15) is 0 Å². The minimum absolute atomic E-state index is 0.384. The Hall–Kier alpha value is -0.990. The Balaban J connectivity index is 4.02. The van der Waals surface area contributed by atoms with E-state index in [2.05, 4.69) is 6.58 Å². The Morgan fingerprint density at radius 1 is 1.50 bits per heavy atom. The summed E-state index contributed by atoms with van der Waals surface area (Å²) in [6.07, 6.45) is 0. The zero-order chi connectivity index (χ0) is 8.15. The quantitative estimate of drug-likeness (QED) is 0.471. The fraction of sp³-hybridized carbons (Fsp3) is 0.571. The molecule has 0 heterocycles. The third kappa shape index (κ3) is 2.09. The first-order chi connectivity index (χ1) is 4.63. The SMILES string of the molecule is C=C(O)C(=O)N(CC)CC. The lowest BCUT2D eigenvalue weighted by molar-refractivity contribution is -0.129. The van der Waals surface area contributed by atoms with Gasteiger partial charge in [-0.05, 0) is 13.8 Å². The lowest BCUT2D eigenvalue weighted by atomic mass is 10.4. The molecule has 0 bridgehead atoms. The molecule has 0 aliphatic rings. The third-order valence-corrected chi connectivity index (χ3v) is 1.30. The Morgan fingerprint density at radius 3 is 2.00 bits per heavy atom. The van der Waals surface area contributed by atoms with Gasteiger partial charge in [0.2, 0.25) is 0 Å². The van der Waals surface area contributed by atoms with Gasteiger partial charge in [0.1, 0.15) is 0 Å². The first kappa shape index (κ1) is 9.01. The van der Waals surface area contributed by atoms with E-state index in [1.807, 2.05) is 13.8 Å². The molecule has 1 amide bonds. The molecule has 0 radical (unpaired) electrons. The molecule has 0 unspecified atom stereocenters. The van der Waals surface area contributed by atoms with Crippen LogP contribution in [-0.4, -0.2) is 29.0 Å². The van der Waals surface area contributed by atoms with Crippen LogP contribution in [0, 0.1) is 0 Å². The van der Waals surface area contributed by atoms with E-state index in [-0.39, 0.29) is 11.7 Å². The number of aliphatic hydroxyl groups is 1. The van der Waals surface area contributed by atoms with Crippen LogP contribution in [0.3, 0.4) is 0 Å². The number of carbonyl (C=O) groups is 1. The van der Waals surface area contributed by atoms with Gasteiger partial charge in [-0.3, -0.25) is 4.79 Å². The lowest BCUT2D eigenvalue weighted by Gasteiger charge is -2.16. The van der Waals surface area contributed by atoms with Crippen LogP contribution in [0.2, 0.25) is 0 Å². The first-order valence-electron chi connectivity index (χ1n) is 3.30. The summed E-state index contributed by atoms with van der Waals surface area (Å²) < 4.78 is 0. The summed E-state index contributed by atoms with van der Waals surface area (Å²) in [4.78, 5) is 12.4. The summed E-state index contributed by atoms with van der Waals surface area (Å²) in [5.41, 5.74) is 0. The maximum atomic E-state index is 10.9. The molecule has 10 heavy (non-hydrogen) atoms. The largest absolute Gasteiger partial charge is 0.503 e. The van der Waals surface area contributed by atoms with E-state index in [0.29, 0.717) is 13.1 Å². The van der Waals surface area contributed by atoms with Crippen molar-refractivity contribution in [1.29, 1.82) is 0 Å². The van der Waals surface area contributed by atoms with Gasteiger partial charge >= 0.3 is 0 Å². The van der Waals surface area contributed by atoms with Gasteiger partial charge in [0.15, 0.2) is 5.76 Å². The number of nitrogens with zero attached hydrogens (tertiary/aromatic N) is 1. The van der Waals surface area contributed by atoms with E-state index in [0.717, 1.165) is 0 Å². The Labute approximate surface area is 61.0 Å². The van der Waals surface area contributed by atoms with E-state index in [1.165, 1.54) is 4.90 Å². The summed E-state index contributed by atoms with van der Waals surface area (Å²) in [6, 6.07) is 0. The molecule has 0 fully saturated rings. The second-order valence-corrected chi connectivity index (χ2v) is 1.92. The lowest BCUT2D eigenvalue weighted by Crippen LogP contribution is -2.31. The fourth-order valence-electron chi connectivity index (χ4n) is 0.693. The standard InChI is InChI=1S/C7H13NO2/c1-4-8(5-2)7(10)6(3)9/h9H,3-5H2,1-2H3. The van der Waals surface area contributed by atoms with E-state index in [1.54, 1.807) is 0 Å². The minimum Gasteiger partial charge on any atom is -0.503 e. The van der Waals surface area contributed by atoms with Gasteiger partial charge < -0.3 is 10.0 Å². The highest BCUT2D eigenvalue weighted by atomic mass is 16.3. The molecule has 3 heteroatoms. The second-order valence-electron chi connectivity index (χ2n) is 1.92. The molecule has 0 aliphatic carbocycles. The van der Waals surface area contributed by atoms with Gasteiger partial charge in [0.05, 0.1) is 0 Å². The zero-order valence-electron chi connectivity index (χ0n) is 6.42. The highest BCUT2D eigenvalue weighted by molar-refractivity contribution is 5.90. The van der Waals surface area contributed by atoms with Crippen molar-refractivity contribution in [3.05, 3.63) is 12.3 Å². The maximum Gasteiger partial charge on any atom is 0.288 e. The van der Waals surface area contributed by atoms with Crippen LogP contribution in [0.1, 0.15) is 13.8 Å². The van der Waals surface area contributed by atoms with Gasteiger partial charge in [0.25, 0.3) is 5.91 Å². The molecule has 0 rings (SSSR count). The number of hydrogen-bond donors (Lipinski definition) is 1. The molecule has 58 valence electrons. The third-order valence-electron chi connectivity index (χ3n) is 1.30. The average molecular weight is 143 g/mol. The van der Waals surface area contributed by atoms with Crippen molar-refractivity contribution in [3.63, 3.8) is 0 Å². The summed E-state index contributed by atoms with van der Waals surface area (Å²) in [6.45, 7) is 8.05. The zero-order valence-corrected chi connectivity index (χ0v) is 6.42. The topological polar surface area (TPSA) is 40.5 Å². The van der Waals surface area contributed by atoms with Crippen LogP contribution < -0.4 is 0 Å². The number of aliphatic hydroxyl groups excluding tert-OH is 1. The first-order valence-corrected chi connectivity index (χ1v) is 3.30. The number of amides is 1. The molecule has 1 N–H and O–H groups in total. The normalized spacial score (nSPS) is 9.00. The van der Waals surface area contributed by atoms with Crippen molar-refractivity contribution in [3.8, 4) is 0 Å². The van der Waals surface area contributed by atoms with Crippen molar-refractivity contribution in [1.82, 2.24) is 4.90 Å². The monoisotopic (exact) mass is 143 g/mol. The Morgan fingerprint density at radius 2 is 1.90 bits per heavy atom. The summed E-state index contributed by atoms with van der Waals surface area (Å²) in [5, 5.41) is 8.67. The average Bonchev–Trinajstić information content (AvgIpc) is 1.90. The number of carbonyl (C=O) groups excluding carboxylic acids is 1. The van der Waals surface area contributed by atoms with Crippen LogP contribution in [0.4, 0.5) is 0 Å². The fourth-order valence-corrected chi connectivity index (χ4v) is 0.693. The van der Waals surface area contributed by atoms with Crippen molar-refractivity contribution in [2.24, 2.45) is 0 Å². The van der Waals surface area contributed by atoms with E-state index >= 15 is 0 Å². The molecule has 0 aromatic rings. The predicted molar refractivity (Wildman–Crippen MR) is 39.7 cm³/mol. The summed E-state index contributed by atoms with van der Waals surface area (Å²) in [5.74, 6) is -0.770. The molecule has 0 spiro atoms. The molecule has 0 atom stereocenters. The minimum atomic E-state index is -0.385. The predicted octanol–water partition coefficient (Wildman–Crippen LogP) is 0.926. The smallest absolute Gasteiger partial charge is 0.288 e. The molecule has 3 nitrogen and oxygen atoms in total. The molecule has 0 saturated carbocycles. The summed E-state index contributed by atoms with van der Waals surface area (Å²) >= 11 is 0. The molecular formula is C7H13NO2. The van der Waals surface area contributed by atoms with Crippen LogP contribution in [0.15, 0.2) is 12.3 Å². The second kappa shape index (κ2) is 3.93. The summed E-state index contributed by atoms with van der Waals surface area (Å²) in [7, 11) is 0. The van der Waals surface area contributed by atoms with E-state index in [4.69, 9.17) is 5.11 Å². The Kier molecular flexibility index (Phi) is 3.54. The van der Waals surface area contributed by atoms with E-state index in [9.17, 15) is 4.79 Å². The highest BCUT2D eigenvalue weighted by Gasteiger charge is 2.10. The van der Waals surface area contributed by atoms with Crippen molar-refractivity contribution >= 4 is 5.91 Å². The van der Waals surface area contributed by atoms with Crippen LogP contribution in [-0.2, 0) is 4.79 Å². The van der Waals surface area contributed by atoms with Gasteiger partial charge in [-0.15, -0.1) is 0 Å². The van der Waals surface area contributed by atoms with Gasteiger partial charge in [-0.25, -0.2) is 0 Å². The van der Waals surface area contributed by atoms with Crippen LogP contribution >= 0.6 is 0 Å². The molecule has 0 aromatic heterocycles. The number of likely N-dealkylation sites (N-methyl/N-ethyl adjacent to an activating group) is 1.